The first-order valence-corrected chi connectivity index (χ1v) is 11.5. The van der Waals surface area contributed by atoms with Crippen molar-refractivity contribution in [1.29, 1.82) is 0 Å². The van der Waals surface area contributed by atoms with Crippen molar-refractivity contribution < 1.29 is 0 Å². The molecule has 0 radical (unpaired) electrons. The molecule has 0 aliphatic heterocycles. The van der Waals surface area contributed by atoms with Gasteiger partial charge < -0.3 is 4.57 Å². The van der Waals surface area contributed by atoms with Crippen molar-refractivity contribution in [3.05, 3.63) is 84.4 Å². The normalized spacial score (nSPS) is 12.2. The van der Waals surface area contributed by atoms with E-state index in [9.17, 15) is 0 Å². The summed E-state index contributed by atoms with van der Waals surface area (Å²) in [4.78, 5) is 4.87. The van der Waals surface area contributed by atoms with Crippen LogP contribution in [-0.4, -0.2) is 14.0 Å². The number of rotatable bonds is 2. The fourth-order valence-electron chi connectivity index (χ4n) is 5.10. The van der Waals surface area contributed by atoms with Crippen LogP contribution in [0.15, 0.2) is 84.4 Å². The van der Waals surface area contributed by atoms with Crippen molar-refractivity contribution in [2.24, 2.45) is 0 Å². The molecule has 0 N–H and O–H groups in total. The summed E-state index contributed by atoms with van der Waals surface area (Å²) in [5.41, 5.74) is 7.14. The number of para-hydroxylation sites is 2. The predicted octanol–water partition coefficient (Wildman–Crippen LogP) is 7.50. The van der Waals surface area contributed by atoms with Gasteiger partial charge in [-0.05, 0) is 42.6 Å². The molecule has 4 aromatic heterocycles. The molecular formula is C27H19N3S. The molecule has 0 bridgehead atoms. The van der Waals surface area contributed by atoms with Gasteiger partial charge in [-0.15, -0.1) is 11.3 Å². The Morgan fingerprint density at radius 2 is 1.55 bits per heavy atom. The zero-order chi connectivity index (χ0) is 20.5. The molecular weight excluding hydrogens is 398 g/mol. The van der Waals surface area contributed by atoms with Crippen molar-refractivity contribution in [1.82, 2.24) is 14.0 Å². The second-order valence-corrected chi connectivity index (χ2v) is 8.89. The van der Waals surface area contributed by atoms with E-state index < -0.39 is 0 Å². The number of thiophene rings is 1. The van der Waals surface area contributed by atoms with Crippen LogP contribution in [0.3, 0.4) is 0 Å². The van der Waals surface area contributed by atoms with Crippen molar-refractivity contribution in [2.75, 3.05) is 0 Å². The number of fused-ring (bicyclic) bond motifs is 9. The maximum Gasteiger partial charge on any atom is 0.146 e. The molecule has 0 unspecified atom stereocenters. The summed E-state index contributed by atoms with van der Waals surface area (Å²) in [5, 5.41) is 7.27. The average Bonchev–Trinajstić information content (AvgIpc) is 3.54. The maximum atomic E-state index is 4.87. The molecule has 0 saturated heterocycles. The van der Waals surface area contributed by atoms with Crippen molar-refractivity contribution >= 4 is 59.8 Å². The molecule has 31 heavy (non-hydrogen) atoms. The van der Waals surface area contributed by atoms with E-state index in [1.807, 2.05) is 6.20 Å². The summed E-state index contributed by atoms with van der Waals surface area (Å²) in [6, 6.07) is 26.4. The Morgan fingerprint density at radius 1 is 0.774 bits per heavy atom. The van der Waals surface area contributed by atoms with Crippen LogP contribution in [0.1, 0.15) is 6.92 Å². The van der Waals surface area contributed by atoms with Gasteiger partial charge in [0, 0.05) is 49.4 Å². The largest absolute Gasteiger partial charge is 0.341 e. The van der Waals surface area contributed by atoms with Gasteiger partial charge in [0.2, 0.25) is 0 Å². The van der Waals surface area contributed by atoms with Crippen molar-refractivity contribution in [3.8, 4) is 11.3 Å². The van der Waals surface area contributed by atoms with Gasteiger partial charge in [0.25, 0.3) is 0 Å². The van der Waals surface area contributed by atoms with Crippen LogP contribution in [0.25, 0.3) is 59.7 Å². The highest BCUT2D eigenvalue weighted by atomic mass is 32.1. The molecule has 3 nitrogen and oxygen atoms in total. The molecule has 0 spiro atoms. The maximum absolute atomic E-state index is 4.87. The smallest absolute Gasteiger partial charge is 0.146 e. The molecule has 148 valence electrons. The van der Waals surface area contributed by atoms with E-state index in [-0.39, 0.29) is 0 Å². The third-order valence-electron chi connectivity index (χ3n) is 6.44. The van der Waals surface area contributed by atoms with Gasteiger partial charge >= 0.3 is 0 Å². The molecule has 0 fully saturated rings. The van der Waals surface area contributed by atoms with Gasteiger partial charge in [0.15, 0.2) is 0 Å². The second-order valence-electron chi connectivity index (χ2n) is 7.98. The predicted molar refractivity (Wildman–Crippen MR) is 132 cm³/mol. The van der Waals surface area contributed by atoms with Crippen molar-refractivity contribution in [2.45, 2.75) is 13.5 Å². The number of hydrogen-bond acceptors (Lipinski definition) is 2. The molecule has 4 heteroatoms. The molecule has 4 heterocycles. The molecule has 0 amide bonds. The number of aromatic nitrogens is 3. The first-order chi connectivity index (χ1) is 15.3. The summed E-state index contributed by atoms with van der Waals surface area (Å²) in [6.07, 6.45) is 2.03. The monoisotopic (exact) mass is 417 g/mol. The van der Waals surface area contributed by atoms with E-state index in [2.05, 4.69) is 94.1 Å². The summed E-state index contributed by atoms with van der Waals surface area (Å²) in [7, 11) is 0. The van der Waals surface area contributed by atoms with E-state index in [0.29, 0.717) is 0 Å². The summed E-state index contributed by atoms with van der Waals surface area (Å²) in [5.74, 6) is 0. The highest BCUT2D eigenvalue weighted by molar-refractivity contribution is 7.18. The third-order valence-corrected chi connectivity index (χ3v) is 7.39. The van der Waals surface area contributed by atoms with Gasteiger partial charge in [0.05, 0.1) is 17.4 Å². The molecule has 7 rings (SSSR count). The highest BCUT2D eigenvalue weighted by Gasteiger charge is 2.16. The lowest BCUT2D eigenvalue weighted by Crippen LogP contribution is -1.94. The van der Waals surface area contributed by atoms with Crippen LogP contribution in [0.5, 0.6) is 0 Å². The summed E-state index contributed by atoms with van der Waals surface area (Å²) < 4.78 is 6.03. The van der Waals surface area contributed by atoms with E-state index >= 15 is 0 Å². The van der Waals surface area contributed by atoms with Crippen LogP contribution in [-0.2, 0) is 6.54 Å². The zero-order valence-corrected chi connectivity index (χ0v) is 17.9. The number of hydrogen-bond donors (Lipinski definition) is 0. The number of imidazole rings is 1. The first kappa shape index (κ1) is 17.1. The van der Waals surface area contributed by atoms with Crippen LogP contribution in [0, 0.1) is 0 Å². The van der Waals surface area contributed by atoms with Crippen LogP contribution in [0.2, 0.25) is 0 Å². The molecule has 7 aromatic rings. The van der Waals surface area contributed by atoms with E-state index in [0.717, 1.165) is 17.9 Å². The molecule has 0 atom stereocenters. The van der Waals surface area contributed by atoms with Gasteiger partial charge in [0.1, 0.15) is 5.65 Å². The lowest BCUT2D eigenvalue weighted by Gasteiger charge is -2.09. The minimum absolute atomic E-state index is 0.958. The lowest BCUT2D eigenvalue weighted by atomic mass is 10.1. The van der Waals surface area contributed by atoms with Crippen LogP contribution in [0.4, 0.5) is 0 Å². The van der Waals surface area contributed by atoms with Crippen LogP contribution < -0.4 is 0 Å². The number of aryl methyl sites for hydroxylation is 1. The molecule has 0 aliphatic carbocycles. The Kier molecular flexibility index (Phi) is 3.41. The third kappa shape index (κ3) is 2.20. The zero-order valence-electron chi connectivity index (χ0n) is 17.0. The summed E-state index contributed by atoms with van der Waals surface area (Å²) >= 11 is 1.79. The minimum Gasteiger partial charge on any atom is -0.341 e. The number of nitrogens with zero attached hydrogens (tertiary/aromatic N) is 3. The highest BCUT2D eigenvalue weighted by Crippen LogP contribution is 2.37. The Balaban J connectivity index is 1.60. The fraction of sp³-hybridized carbons (Fsp3) is 0.0741. The molecule has 0 saturated carbocycles. The lowest BCUT2D eigenvalue weighted by molar-refractivity contribution is 0.827. The molecule has 3 aromatic carbocycles. The Hall–Kier alpha value is -3.63. The summed E-state index contributed by atoms with van der Waals surface area (Å²) in [6.45, 7) is 3.17. The Morgan fingerprint density at radius 3 is 2.42 bits per heavy atom. The van der Waals surface area contributed by atoms with Gasteiger partial charge in [-0.1, -0.05) is 42.5 Å². The van der Waals surface area contributed by atoms with E-state index in [1.54, 1.807) is 11.3 Å². The van der Waals surface area contributed by atoms with Crippen LogP contribution >= 0.6 is 11.3 Å². The Labute approximate surface area is 182 Å². The van der Waals surface area contributed by atoms with Gasteiger partial charge in [-0.3, -0.25) is 4.40 Å². The first-order valence-electron chi connectivity index (χ1n) is 10.6. The standard InChI is InChI=1S/C27H19N3S/c1-2-29-22-9-5-3-7-18(22)21-15-17(11-12-23(21)29)25-16-28-27-20-13-14-31-26(20)19-8-4-6-10-24(19)30(25)27/h3-16H,2H2,1H3. The fourth-order valence-corrected chi connectivity index (χ4v) is 6.02. The van der Waals surface area contributed by atoms with E-state index in [4.69, 9.17) is 4.98 Å². The minimum atomic E-state index is 0.958. The molecule has 0 aliphatic rings. The second kappa shape index (κ2) is 6.19. The van der Waals surface area contributed by atoms with Crippen molar-refractivity contribution in [3.63, 3.8) is 0 Å². The topological polar surface area (TPSA) is 22.2 Å². The van der Waals surface area contributed by atoms with Gasteiger partial charge in [-0.25, -0.2) is 4.98 Å². The Bertz CT molecular complexity index is 1780. The van der Waals surface area contributed by atoms with Gasteiger partial charge in [-0.2, -0.15) is 0 Å². The number of pyridine rings is 1. The van der Waals surface area contributed by atoms with E-state index in [1.165, 1.54) is 48.4 Å². The SMILES string of the molecule is CCn1c2ccccc2c2cc(-c3cnc4c5ccsc5c5ccccc5n34)ccc21. The average molecular weight is 418 g/mol. The number of benzene rings is 3. The quantitative estimate of drug-likeness (QED) is 0.285.